The van der Waals surface area contributed by atoms with Gasteiger partial charge in [-0.1, -0.05) is 56.9 Å². The van der Waals surface area contributed by atoms with Crippen molar-refractivity contribution in [1.29, 1.82) is 0 Å². The Morgan fingerprint density at radius 2 is 1.75 bits per heavy atom. The molecule has 0 heterocycles. The molecule has 106 valence electrons. The highest BCUT2D eigenvalue weighted by molar-refractivity contribution is 6.14. The van der Waals surface area contributed by atoms with Gasteiger partial charge in [0.15, 0.2) is 0 Å². The van der Waals surface area contributed by atoms with Crippen molar-refractivity contribution in [2.45, 2.75) is 44.9 Å². The molecule has 3 rings (SSSR count). The van der Waals surface area contributed by atoms with E-state index in [1.165, 1.54) is 49.7 Å². The molecule has 0 unspecified atom stereocenters. The smallest absolute Gasteiger partial charge is 0.335 e. The third kappa shape index (κ3) is 2.52. The van der Waals surface area contributed by atoms with Crippen LogP contribution in [0.25, 0.3) is 5.57 Å². The number of rotatable bonds is 3. The fraction of sp³-hybridized carbons (Fsp3) is 0.500. The van der Waals surface area contributed by atoms with Crippen LogP contribution in [0, 0.1) is 11.8 Å². The summed E-state index contributed by atoms with van der Waals surface area (Å²) in [5.74, 6) is 0.729. The van der Waals surface area contributed by atoms with E-state index in [1.807, 2.05) is 6.07 Å². The minimum absolute atomic E-state index is 0.203. The van der Waals surface area contributed by atoms with E-state index in [2.05, 4.69) is 18.7 Å². The molecule has 2 nitrogen and oxygen atoms in total. The van der Waals surface area contributed by atoms with E-state index in [4.69, 9.17) is 5.11 Å². The average Bonchev–Trinajstić information content (AvgIpc) is 2.90. The van der Waals surface area contributed by atoms with Gasteiger partial charge in [-0.25, -0.2) is 4.79 Å². The lowest BCUT2D eigenvalue weighted by Crippen LogP contribution is -2.18. The summed E-state index contributed by atoms with van der Waals surface area (Å²) in [6, 6.07) is 6.08. The fourth-order valence-electron chi connectivity index (χ4n) is 3.90. The zero-order valence-electron chi connectivity index (χ0n) is 11.9. The molecule has 0 aromatic heterocycles. The van der Waals surface area contributed by atoms with Gasteiger partial charge in [-0.05, 0) is 41.4 Å². The maximum Gasteiger partial charge on any atom is 0.335 e. The monoisotopic (exact) mass is 270 g/mol. The third-order valence-electron chi connectivity index (χ3n) is 5.09. The predicted molar refractivity (Wildman–Crippen MR) is 80.6 cm³/mol. The maximum atomic E-state index is 11.0. The molecular weight excluding hydrogens is 248 g/mol. The van der Waals surface area contributed by atoms with Crippen LogP contribution in [0.2, 0.25) is 0 Å². The Morgan fingerprint density at radius 1 is 1.05 bits per heavy atom. The van der Waals surface area contributed by atoms with Gasteiger partial charge in [0.25, 0.3) is 0 Å². The normalized spacial score (nSPS) is 22.5. The second kappa shape index (κ2) is 5.43. The largest absolute Gasteiger partial charge is 0.478 e. The molecule has 1 aromatic carbocycles. The van der Waals surface area contributed by atoms with Gasteiger partial charge in [0, 0.05) is 0 Å². The van der Waals surface area contributed by atoms with Gasteiger partial charge >= 0.3 is 5.97 Å². The summed E-state index contributed by atoms with van der Waals surface area (Å²) in [5, 5.41) is 9.04. The van der Waals surface area contributed by atoms with Gasteiger partial charge in [0.1, 0.15) is 0 Å². The first-order valence-electron chi connectivity index (χ1n) is 7.69. The van der Waals surface area contributed by atoms with Gasteiger partial charge in [0.2, 0.25) is 0 Å². The molecule has 1 N–H and O–H groups in total. The van der Waals surface area contributed by atoms with E-state index in [-0.39, 0.29) is 5.57 Å². The van der Waals surface area contributed by atoms with Crippen molar-refractivity contribution in [3.8, 4) is 0 Å². The number of hydrogen-bond acceptors (Lipinski definition) is 1. The Labute approximate surface area is 120 Å². The van der Waals surface area contributed by atoms with E-state index in [0.717, 1.165) is 23.8 Å². The fourth-order valence-corrected chi connectivity index (χ4v) is 3.90. The highest BCUT2D eigenvalue weighted by Crippen LogP contribution is 2.39. The summed E-state index contributed by atoms with van der Waals surface area (Å²) in [5.41, 5.74) is 3.73. The van der Waals surface area contributed by atoms with Crippen molar-refractivity contribution in [1.82, 2.24) is 0 Å². The molecule has 0 amide bonds. The molecule has 2 aliphatic carbocycles. The van der Waals surface area contributed by atoms with Gasteiger partial charge in [0.05, 0.1) is 5.57 Å². The number of carboxylic acids is 1. The number of hydrogen-bond donors (Lipinski definition) is 1. The van der Waals surface area contributed by atoms with Gasteiger partial charge in [-0.15, -0.1) is 0 Å². The Morgan fingerprint density at radius 3 is 2.45 bits per heavy atom. The summed E-state index contributed by atoms with van der Waals surface area (Å²) in [7, 11) is 0. The molecule has 2 aliphatic rings. The van der Waals surface area contributed by atoms with Crippen molar-refractivity contribution >= 4 is 11.5 Å². The molecule has 1 saturated carbocycles. The predicted octanol–water partition coefficient (Wildman–Crippen LogP) is 4.08. The number of aliphatic carboxylic acids is 1. The third-order valence-corrected chi connectivity index (χ3v) is 5.09. The van der Waals surface area contributed by atoms with Crippen molar-refractivity contribution in [3.63, 3.8) is 0 Å². The van der Waals surface area contributed by atoms with Crippen LogP contribution in [0.15, 0.2) is 24.8 Å². The average molecular weight is 270 g/mol. The second-order valence-electron chi connectivity index (χ2n) is 6.33. The summed E-state index contributed by atoms with van der Waals surface area (Å²) in [6.07, 6.45) is 9.25. The number of fused-ring (bicyclic) bond motifs is 1. The number of carboxylic acid groups (broad SMARTS) is 1. The molecule has 0 saturated heterocycles. The quantitative estimate of drug-likeness (QED) is 0.840. The highest BCUT2D eigenvalue weighted by atomic mass is 16.4. The summed E-state index contributed by atoms with van der Waals surface area (Å²) in [6.45, 7) is 3.66. The summed E-state index contributed by atoms with van der Waals surface area (Å²) < 4.78 is 0. The van der Waals surface area contributed by atoms with Crippen LogP contribution in [0.3, 0.4) is 0 Å². The van der Waals surface area contributed by atoms with Crippen LogP contribution in [0.4, 0.5) is 0 Å². The summed E-state index contributed by atoms with van der Waals surface area (Å²) in [4.78, 5) is 11.0. The lowest BCUT2D eigenvalue weighted by Gasteiger charge is -2.27. The van der Waals surface area contributed by atoms with Crippen LogP contribution < -0.4 is 0 Å². The van der Waals surface area contributed by atoms with Crippen molar-refractivity contribution in [2.24, 2.45) is 11.8 Å². The van der Waals surface area contributed by atoms with E-state index in [0.29, 0.717) is 0 Å². The SMILES string of the molecule is C=C(C(=O)O)c1ccc2c(c1)C[C@H](C1CCCCC1)C2. The highest BCUT2D eigenvalue weighted by Gasteiger charge is 2.29. The zero-order valence-corrected chi connectivity index (χ0v) is 11.9. The van der Waals surface area contributed by atoms with E-state index in [9.17, 15) is 4.79 Å². The summed E-state index contributed by atoms with van der Waals surface area (Å²) >= 11 is 0. The Kier molecular flexibility index (Phi) is 3.64. The molecular formula is C18H22O2. The minimum atomic E-state index is -0.924. The van der Waals surface area contributed by atoms with Crippen LogP contribution in [0.1, 0.15) is 48.8 Å². The van der Waals surface area contributed by atoms with Crippen molar-refractivity contribution in [3.05, 3.63) is 41.5 Å². The molecule has 0 spiro atoms. The molecule has 0 radical (unpaired) electrons. The molecule has 1 aromatic rings. The van der Waals surface area contributed by atoms with Crippen molar-refractivity contribution in [2.75, 3.05) is 0 Å². The Hall–Kier alpha value is -1.57. The molecule has 1 fully saturated rings. The molecule has 0 bridgehead atoms. The maximum absolute atomic E-state index is 11.0. The first-order chi connectivity index (χ1) is 9.65. The number of benzene rings is 1. The molecule has 0 aliphatic heterocycles. The van der Waals surface area contributed by atoms with Crippen LogP contribution in [0.5, 0.6) is 0 Å². The first-order valence-corrected chi connectivity index (χ1v) is 7.69. The Bertz CT molecular complexity index is 538. The van der Waals surface area contributed by atoms with Crippen LogP contribution in [-0.2, 0) is 17.6 Å². The first kappa shape index (κ1) is 13.4. The minimum Gasteiger partial charge on any atom is -0.478 e. The van der Waals surface area contributed by atoms with E-state index in [1.54, 1.807) is 0 Å². The standard InChI is InChI=1S/C18H22O2/c1-12(18(19)20)14-7-8-15-10-16(11-17(15)9-14)13-5-3-2-4-6-13/h7-9,13,16H,1-6,10-11H2,(H,19,20)/t16-/m1/s1. The van der Waals surface area contributed by atoms with Crippen LogP contribution >= 0.6 is 0 Å². The van der Waals surface area contributed by atoms with E-state index >= 15 is 0 Å². The van der Waals surface area contributed by atoms with Gasteiger partial charge < -0.3 is 5.11 Å². The Balaban J connectivity index is 1.76. The second-order valence-corrected chi connectivity index (χ2v) is 6.33. The van der Waals surface area contributed by atoms with Gasteiger partial charge in [-0.2, -0.15) is 0 Å². The lowest BCUT2D eigenvalue weighted by molar-refractivity contribution is -0.130. The van der Waals surface area contributed by atoms with E-state index < -0.39 is 5.97 Å². The van der Waals surface area contributed by atoms with Crippen LogP contribution in [-0.4, -0.2) is 11.1 Å². The topological polar surface area (TPSA) is 37.3 Å². The molecule has 20 heavy (non-hydrogen) atoms. The lowest BCUT2D eigenvalue weighted by atomic mass is 9.79. The van der Waals surface area contributed by atoms with Crippen molar-refractivity contribution < 1.29 is 9.90 Å². The zero-order chi connectivity index (χ0) is 14.1. The number of carbonyl (C=O) groups is 1. The molecule has 2 heteroatoms. The van der Waals surface area contributed by atoms with Gasteiger partial charge in [-0.3, -0.25) is 0 Å². The molecule has 1 atom stereocenters.